The van der Waals surface area contributed by atoms with Gasteiger partial charge < -0.3 is 15.0 Å². The van der Waals surface area contributed by atoms with Crippen LogP contribution in [0.4, 0.5) is 11.4 Å². The molecule has 1 heterocycles. The second-order valence-corrected chi connectivity index (χ2v) is 7.37. The van der Waals surface area contributed by atoms with E-state index >= 15 is 0 Å². The minimum absolute atomic E-state index is 0.0587. The number of benzene rings is 2. The summed E-state index contributed by atoms with van der Waals surface area (Å²) in [5, 5.41) is 3.53. The van der Waals surface area contributed by atoms with E-state index in [1.807, 2.05) is 38.1 Å². The van der Waals surface area contributed by atoms with E-state index in [0.29, 0.717) is 23.9 Å². The van der Waals surface area contributed by atoms with Crippen molar-refractivity contribution in [3.63, 3.8) is 0 Å². The van der Waals surface area contributed by atoms with Gasteiger partial charge in [-0.3, -0.25) is 9.59 Å². The van der Waals surface area contributed by atoms with Crippen molar-refractivity contribution in [1.29, 1.82) is 0 Å². The van der Waals surface area contributed by atoms with Crippen LogP contribution < -0.4 is 10.2 Å². The highest BCUT2D eigenvalue weighted by molar-refractivity contribution is 6.30. The first-order valence-corrected chi connectivity index (χ1v) is 9.37. The largest absolute Gasteiger partial charge is 0.374 e. The van der Waals surface area contributed by atoms with Gasteiger partial charge in [-0.2, -0.15) is 0 Å². The summed E-state index contributed by atoms with van der Waals surface area (Å²) in [5.41, 5.74) is 2.46. The fraction of sp³-hybridized carbons (Fsp3) is 0.333. The lowest BCUT2D eigenvalue weighted by molar-refractivity contribution is -0.122. The van der Waals surface area contributed by atoms with E-state index in [9.17, 15) is 9.59 Å². The van der Waals surface area contributed by atoms with Crippen LogP contribution in [0.1, 0.15) is 25.8 Å². The minimum atomic E-state index is -0.385. The number of amides is 2. The molecular formula is C21H23ClN2O3. The van der Waals surface area contributed by atoms with Gasteiger partial charge in [-0.1, -0.05) is 23.7 Å². The molecule has 0 aromatic heterocycles. The highest BCUT2D eigenvalue weighted by atomic mass is 35.5. The molecule has 27 heavy (non-hydrogen) atoms. The van der Waals surface area contributed by atoms with E-state index in [1.54, 1.807) is 29.2 Å². The van der Waals surface area contributed by atoms with Crippen molar-refractivity contribution >= 4 is 34.8 Å². The molecule has 3 rings (SSSR count). The standard InChI is InChI=1S/C21H23ClN2O3/c1-14(2)27-13-15-4-3-5-18(10-15)23-21(26)16-11-20(25)24(12-16)19-8-6-17(22)7-9-19/h3-10,14,16H,11-13H2,1-2H3,(H,23,26). The quantitative estimate of drug-likeness (QED) is 0.807. The highest BCUT2D eigenvalue weighted by Gasteiger charge is 2.35. The summed E-state index contributed by atoms with van der Waals surface area (Å²) in [7, 11) is 0. The molecule has 6 heteroatoms. The van der Waals surface area contributed by atoms with Crippen LogP contribution in [-0.4, -0.2) is 24.5 Å². The summed E-state index contributed by atoms with van der Waals surface area (Å²) in [5.74, 6) is -0.595. The minimum Gasteiger partial charge on any atom is -0.374 e. The van der Waals surface area contributed by atoms with Crippen LogP contribution in [0.15, 0.2) is 48.5 Å². The second-order valence-electron chi connectivity index (χ2n) is 6.93. The Morgan fingerprint density at radius 3 is 2.70 bits per heavy atom. The molecule has 1 saturated heterocycles. The summed E-state index contributed by atoms with van der Waals surface area (Å²) < 4.78 is 5.60. The van der Waals surface area contributed by atoms with Crippen LogP contribution in [-0.2, 0) is 20.9 Å². The zero-order valence-corrected chi connectivity index (χ0v) is 16.2. The summed E-state index contributed by atoms with van der Waals surface area (Å²) in [6.45, 7) is 4.82. The molecule has 0 radical (unpaired) electrons. The van der Waals surface area contributed by atoms with E-state index in [-0.39, 0.29) is 30.3 Å². The zero-order valence-electron chi connectivity index (χ0n) is 15.4. The van der Waals surface area contributed by atoms with Crippen LogP contribution >= 0.6 is 11.6 Å². The summed E-state index contributed by atoms with van der Waals surface area (Å²) in [6.07, 6.45) is 0.344. The van der Waals surface area contributed by atoms with Crippen molar-refractivity contribution in [1.82, 2.24) is 0 Å². The molecule has 5 nitrogen and oxygen atoms in total. The van der Waals surface area contributed by atoms with Crippen molar-refractivity contribution in [2.45, 2.75) is 33.0 Å². The predicted molar refractivity (Wildman–Crippen MR) is 107 cm³/mol. The van der Waals surface area contributed by atoms with Crippen LogP contribution in [0.3, 0.4) is 0 Å². The van der Waals surface area contributed by atoms with Crippen molar-refractivity contribution in [3.05, 3.63) is 59.1 Å². The first-order chi connectivity index (χ1) is 12.9. The Labute approximate surface area is 164 Å². The number of carbonyl (C=O) groups excluding carboxylic acids is 2. The molecule has 0 bridgehead atoms. The molecule has 1 fully saturated rings. The molecule has 1 N–H and O–H groups in total. The molecule has 2 amide bonds. The van der Waals surface area contributed by atoms with E-state index in [1.165, 1.54) is 0 Å². The van der Waals surface area contributed by atoms with Gasteiger partial charge in [0.05, 0.1) is 18.6 Å². The van der Waals surface area contributed by atoms with E-state index in [0.717, 1.165) is 11.3 Å². The summed E-state index contributed by atoms with van der Waals surface area (Å²) >= 11 is 5.90. The predicted octanol–water partition coefficient (Wildman–Crippen LogP) is 4.26. The number of nitrogens with zero attached hydrogens (tertiary/aromatic N) is 1. The molecular weight excluding hydrogens is 364 g/mol. The third-order valence-electron chi connectivity index (χ3n) is 4.41. The van der Waals surface area contributed by atoms with Crippen LogP contribution in [0.5, 0.6) is 0 Å². The molecule has 2 aromatic carbocycles. The Hall–Kier alpha value is -2.37. The Kier molecular flexibility index (Phi) is 6.14. The van der Waals surface area contributed by atoms with Gasteiger partial charge in [0.25, 0.3) is 0 Å². The number of carbonyl (C=O) groups is 2. The molecule has 1 aliphatic rings. The lowest BCUT2D eigenvalue weighted by Crippen LogP contribution is -2.28. The van der Waals surface area contributed by atoms with Crippen LogP contribution in [0.2, 0.25) is 5.02 Å². The van der Waals surface area contributed by atoms with Crippen LogP contribution in [0.25, 0.3) is 0 Å². The summed E-state index contributed by atoms with van der Waals surface area (Å²) in [6, 6.07) is 14.6. The number of ether oxygens (including phenoxy) is 1. The van der Waals surface area contributed by atoms with Crippen molar-refractivity contribution < 1.29 is 14.3 Å². The van der Waals surface area contributed by atoms with Crippen molar-refractivity contribution in [2.75, 3.05) is 16.8 Å². The van der Waals surface area contributed by atoms with Gasteiger partial charge in [-0.25, -0.2) is 0 Å². The number of halogens is 1. The third kappa shape index (κ3) is 5.08. The maximum Gasteiger partial charge on any atom is 0.229 e. The van der Waals surface area contributed by atoms with Gasteiger partial charge in [-0.15, -0.1) is 0 Å². The van der Waals surface area contributed by atoms with Gasteiger partial charge in [0, 0.05) is 29.4 Å². The van der Waals surface area contributed by atoms with Gasteiger partial charge in [-0.05, 0) is 55.8 Å². The Morgan fingerprint density at radius 2 is 2.00 bits per heavy atom. The third-order valence-corrected chi connectivity index (χ3v) is 4.66. The van der Waals surface area contributed by atoms with Crippen molar-refractivity contribution in [2.24, 2.45) is 5.92 Å². The van der Waals surface area contributed by atoms with Crippen molar-refractivity contribution in [3.8, 4) is 0 Å². The average molecular weight is 387 g/mol. The highest BCUT2D eigenvalue weighted by Crippen LogP contribution is 2.27. The second kappa shape index (κ2) is 8.55. The van der Waals surface area contributed by atoms with Gasteiger partial charge in [0.2, 0.25) is 11.8 Å². The Morgan fingerprint density at radius 1 is 1.26 bits per heavy atom. The number of anilines is 2. The smallest absolute Gasteiger partial charge is 0.229 e. The van der Waals surface area contributed by atoms with Gasteiger partial charge in [0.1, 0.15) is 0 Å². The SMILES string of the molecule is CC(C)OCc1cccc(NC(=O)C2CC(=O)N(c3ccc(Cl)cc3)C2)c1. The van der Waals surface area contributed by atoms with Gasteiger partial charge >= 0.3 is 0 Å². The molecule has 1 aliphatic heterocycles. The van der Waals surface area contributed by atoms with E-state index < -0.39 is 0 Å². The molecule has 1 unspecified atom stereocenters. The number of rotatable bonds is 6. The lowest BCUT2D eigenvalue weighted by atomic mass is 10.1. The monoisotopic (exact) mass is 386 g/mol. The molecule has 0 spiro atoms. The lowest BCUT2D eigenvalue weighted by Gasteiger charge is -2.17. The Bertz CT molecular complexity index is 820. The summed E-state index contributed by atoms with van der Waals surface area (Å²) in [4.78, 5) is 26.6. The first kappa shape index (κ1) is 19.4. The molecule has 0 aliphatic carbocycles. The van der Waals surface area contributed by atoms with Crippen LogP contribution in [0, 0.1) is 5.92 Å². The molecule has 142 valence electrons. The molecule has 0 saturated carbocycles. The zero-order chi connectivity index (χ0) is 19.4. The van der Waals surface area contributed by atoms with Gasteiger partial charge in [0.15, 0.2) is 0 Å². The topological polar surface area (TPSA) is 58.6 Å². The maximum atomic E-state index is 12.6. The Balaban J connectivity index is 1.62. The number of hydrogen-bond donors (Lipinski definition) is 1. The normalized spacial score (nSPS) is 16.8. The first-order valence-electron chi connectivity index (χ1n) is 8.99. The average Bonchev–Trinajstić information content (AvgIpc) is 3.03. The molecule has 1 atom stereocenters. The number of nitrogens with one attached hydrogen (secondary N) is 1. The van der Waals surface area contributed by atoms with E-state index in [4.69, 9.17) is 16.3 Å². The number of hydrogen-bond acceptors (Lipinski definition) is 3. The molecule has 2 aromatic rings. The fourth-order valence-corrected chi connectivity index (χ4v) is 3.13. The fourth-order valence-electron chi connectivity index (χ4n) is 3.00. The maximum absolute atomic E-state index is 12.6. The van der Waals surface area contributed by atoms with E-state index in [2.05, 4.69) is 5.32 Å².